The number of hydrogen-bond acceptors (Lipinski definition) is 3. The van der Waals surface area contributed by atoms with E-state index in [4.69, 9.17) is 23.1 Å². The van der Waals surface area contributed by atoms with Gasteiger partial charge in [0.1, 0.15) is 6.04 Å². The fourth-order valence-corrected chi connectivity index (χ4v) is 1.79. The molecule has 84 valence electrons. The van der Waals surface area contributed by atoms with Crippen LogP contribution < -0.4 is 11.5 Å². The maximum Gasteiger partial charge on any atom is 0.240 e. The van der Waals surface area contributed by atoms with Crippen LogP contribution in [0, 0.1) is 0 Å². The number of carbonyl (C=O) groups is 1. The number of imidazole rings is 1. The van der Waals surface area contributed by atoms with Crippen molar-refractivity contribution in [2.45, 2.75) is 13.0 Å². The molecule has 1 amide bonds. The largest absolute Gasteiger partial charge is 0.369 e. The molecule has 2 rings (SSSR count). The van der Waals surface area contributed by atoms with E-state index < -0.39 is 11.9 Å². The highest BCUT2D eigenvalue weighted by Gasteiger charge is 2.17. The molecule has 0 saturated carbocycles. The Labute approximate surface area is 97.0 Å². The molecule has 0 radical (unpaired) electrons. The number of hydrogen-bond donors (Lipinski definition) is 2. The summed E-state index contributed by atoms with van der Waals surface area (Å²) in [6.45, 7) is 1.67. The van der Waals surface area contributed by atoms with E-state index in [1.54, 1.807) is 29.7 Å². The molecule has 4 N–H and O–H groups in total. The second-order valence-electron chi connectivity index (χ2n) is 3.55. The Morgan fingerprint density at radius 1 is 1.56 bits per heavy atom. The van der Waals surface area contributed by atoms with Crippen molar-refractivity contribution in [1.82, 2.24) is 9.55 Å². The molecule has 0 saturated heterocycles. The van der Waals surface area contributed by atoms with E-state index >= 15 is 0 Å². The highest BCUT2D eigenvalue weighted by molar-refractivity contribution is 6.31. The zero-order valence-corrected chi connectivity index (χ0v) is 9.40. The number of primary amides is 1. The number of nitrogen functional groups attached to an aromatic ring is 1. The summed E-state index contributed by atoms with van der Waals surface area (Å²) in [5.41, 5.74) is 12.4. The standard InChI is InChI=1S/C10H11ClN4O/c1-5(9(12)16)15-8-4-6(11)2-3-7(8)14-10(15)13/h2-5H,1H3,(H2,12,16)(H2,13,14). The predicted molar refractivity (Wildman–Crippen MR) is 63.1 cm³/mol. The predicted octanol–water partition coefficient (Wildman–Crippen LogP) is 1.32. The molecule has 1 heterocycles. The average molecular weight is 239 g/mol. The van der Waals surface area contributed by atoms with Crippen molar-refractivity contribution in [3.05, 3.63) is 23.2 Å². The molecule has 0 spiro atoms. The Balaban J connectivity index is 2.72. The Hall–Kier alpha value is -1.75. The number of benzene rings is 1. The molecule has 5 nitrogen and oxygen atoms in total. The molecule has 1 atom stereocenters. The van der Waals surface area contributed by atoms with Crippen LogP contribution in [-0.4, -0.2) is 15.5 Å². The van der Waals surface area contributed by atoms with Gasteiger partial charge in [-0.1, -0.05) is 11.6 Å². The van der Waals surface area contributed by atoms with Crippen LogP contribution in [0.25, 0.3) is 11.0 Å². The summed E-state index contributed by atoms with van der Waals surface area (Å²) in [5.74, 6) is -0.213. The summed E-state index contributed by atoms with van der Waals surface area (Å²) < 4.78 is 1.57. The Morgan fingerprint density at radius 2 is 2.25 bits per heavy atom. The monoisotopic (exact) mass is 238 g/mol. The summed E-state index contributed by atoms with van der Waals surface area (Å²) in [4.78, 5) is 15.3. The average Bonchev–Trinajstić information content (AvgIpc) is 2.52. The Kier molecular flexibility index (Phi) is 2.47. The fourth-order valence-electron chi connectivity index (χ4n) is 1.62. The van der Waals surface area contributed by atoms with Crippen molar-refractivity contribution in [2.24, 2.45) is 5.73 Å². The van der Waals surface area contributed by atoms with Crippen molar-refractivity contribution in [2.75, 3.05) is 5.73 Å². The molecule has 16 heavy (non-hydrogen) atoms. The van der Waals surface area contributed by atoms with Crippen LogP contribution in [0.5, 0.6) is 0 Å². The number of aromatic nitrogens is 2. The third-order valence-corrected chi connectivity index (χ3v) is 2.71. The zero-order valence-electron chi connectivity index (χ0n) is 8.64. The van der Waals surface area contributed by atoms with E-state index in [1.165, 1.54) is 0 Å². The van der Waals surface area contributed by atoms with E-state index in [2.05, 4.69) is 4.98 Å². The van der Waals surface area contributed by atoms with Crippen molar-refractivity contribution >= 4 is 34.5 Å². The van der Waals surface area contributed by atoms with Gasteiger partial charge in [-0.2, -0.15) is 0 Å². The van der Waals surface area contributed by atoms with E-state index in [-0.39, 0.29) is 5.95 Å². The van der Waals surface area contributed by atoms with Gasteiger partial charge in [0, 0.05) is 5.02 Å². The van der Waals surface area contributed by atoms with Gasteiger partial charge in [0.2, 0.25) is 11.9 Å². The van der Waals surface area contributed by atoms with Crippen molar-refractivity contribution < 1.29 is 4.79 Å². The number of rotatable bonds is 2. The number of carbonyl (C=O) groups excluding carboxylic acids is 1. The lowest BCUT2D eigenvalue weighted by Gasteiger charge is -2.11. The van der Waals surface area contributed by atoms with Crippen molar-refractivity contribution in [3.63, 3.8) is 0 Å². The van der Waals surface area contributed by atoms with Gasteiger partial charge < -0.3 is 11.5 Å². The number of nitrogens with zero attached hydrogens (tertiary/aromatic N) is 2. The molecule has 1 aromatic heterocycles. The molecular weight excluding hydrogens is 228 g/mol. The molecule has 1 aromatic carbocycles. The number of nitrogens with two attached hydrogens (primary N) is 2. The van der Waals surface area contributed by atoms with Crippen molar-refractivity contribution in [1.29, 1.82) is 0 Å². The third kappa shape index (κ3) is 1.59. The van der Waals surface area contributed by atoms with Gasteiger partial charge in [-0.05, 0) is 25.1 Å². The molecule has 1 unspecified atom stereocenters. The van der Waals surface area contributed by atoms with Gasteiger partial charge in [0.25, 0.3) is 0 Å². The first-order valence-electron chi connectivity index (χ1n) is 4.73. The second kappa shape index (κ2) is 3.68. The van der Waals surface area contributed by atoms with Crippen LogP contribution in [0.15, 0.2) is 18.2 Å². The highest BCUT2D eigenvalue weighted by Crippen LogP contribution is 2.25. The molecule has 0 aliphatic carbocycles. The summed E-state index contributed by atoms with van der Waals surface area (Å²) in [5, 5.41) is 0.560. The SMILES string of the molecule is CC(C(N)=O)n1c(N)nc2ccc(Cl)cc21. The first-order valence-corrected chi connectivity index (χ1v) is 5.11. The quantitative estimate of drug-likeness (QED) is 0.827. The topological polar surface area (TPSA) is 86.9 Å². The smallest absolute Gasteiger partial charge is 0.240 e. The van der Waals surface area contributed by atoms with E-state index in [0.29, 0.717) is 16.1 Å². The number of fused-ring (bicyclic) bond motifs is 1. The normalized spacial score (nSPS) is 12.9. The molecule has 2 aromatic rings. The first-order chi connectivity index (χ1) is 7.50. The second-order valence-corrected chi connectivity index (χ2v) is 3.99. The zero-order chi connectivity index (χ0) is 11.9. The van der Waals surface area contributed by atoms with Gasteiger partial charge in [-0.25, -0.2) is 4.98 Å². The maximum absolute atomic E-state index is 11.2. The lowest BCUT2D eigenvalue weighted by Crippen LogP contribution is -2.24. The van der Waals surface area contributed by atoms with Crippen LogP contribution in [0.4, 0.5) is 5.95 Å². The molecule has 0 fully saturated rings. The number of anilines is 1. The fraction of sp³-hybridized carbons (Fsp3) is 0.200. The van der Waals surface area contributed by atoms with Crippen molar-refractivity contribution in [3.8, 4) is 0 Å². The summed E-state index contributed by atoms with van der Waals surface area (Å²) in [7, 11) is 0. The summed E-state index contributed by atoms with van der Waals surface area (Å²) >= 11 is 5.89. The molecular formula is C10H11ClN4O. The molecule has 0 bridgehead atoms. The van der Waals surface area contributed by atoms with E-state index in [9.17, 15) is 4.79 Å². The lowest BCUT2D eigenvalue weighted by molar-refractivity contribution is -0.120. The minimum atomic E-state index is -0.552. The van der Waals surface area contributed by atoms with Crippen LogP contribution in [0.2, 0.25) is 5.02 Å². The van der Waals surface area contributed by atoms with Gasteiger partial charge in [0.05, 0.1) is 11.0 Å². The minimum Gasteiger partial charge on any atom is -0.369 e. The van der Waals surface area contributed by atoms with Gasteiger partial charge in [-0.15, -0.1) is 0 Å². The van der Waals surface area contributed by atoms with Gasteiger partial charge in [-0.3, -0.25) is 9.36 Å². The lowest BCUT2D eigenvalue weighted by atomic mass is 10.2. The van der Waals surface area contributed by atoms with Gasteiger partial charge >= 0.3 is 0 Å². The van der Waals surface area contributed by atoms with E-state index in [0.717, 1.165) is 0 Å². The Bertz CT molecular complexity index is 563. The van der Waals surface area contributed by atoms with Crippen LogP contribution >= 0.6 is 11.6 Å². The summed E-state index contributed by atoms with van der Waals surface area (Å²) in [6.07, 6.45) is 0. The Morgan fingerprint density at radius 3 is 2.88 bits per heavy atom. The number of amides is 1. The minimum absolute atomic E-state index is 0.253. The highest BCUT2D eigenvalue weighted by atomic mass is 35.5. The molecule has 6 heteroatoms. The van der Waals surface area contributed by atoms with Crippen LogP contribution in [0.3, 0.4) is 0 Å². The molecule has 0 aliphatic rings. The van der Waals surface area contributed by atoms with E-state index in [1.807, 2.05) is 0 Å². The summed E-state index contributed by atoms with van der Waals surface area (Å²) in [6, 6.07) is 4.62. The van der Waals surface area contributed by atoms with Crippen LogP contribution in [0.1, 0.15) is 13.0 Å². The first kappa shape index (κ1) is 10.8. The van der Waals surface area contributed by atoms with Gasteiger partial charge in [0.15, 0.2) is 0 Å². The number of halogens is 1. The molecule has 0 aliphatic heterocycles. The maximum atomic E-state index is 11.2. The third-order valence-electron chi connectivity index (χ3n) is 2.48. The van der Waals surface area contributed by atoms with Crippen LogP contribution in [-0.2, 0) is 4.79 Å².